The van der Waals surface area contributed by atoms with E-state index in [9.17, 15) is 32.8 Å². The third-order valence-electron chi connectivity index (χ3n) is 6.67. The third kappa shape index (κ3) is 6.26. The minimum atomic E-state index is -5.20. The largest absolute Gasteiger partial charge is 0.497 e. The van der Waals surface area contributed by atoms with Crippen LogP contribution in [0, 0.1) is 11.3 Å². The monoisotopic (exact) mass is 556 g/mol. The van der Waals surface area contributed by atoms with E-state index in [-0.39, 0.29) is 37.7 Å². The molecule has 1 atom stereocenters. The number of benzene rings is 2. The maximum Gasteiger partial charge on any atom is 0.490 e. The number of hydrogen-bond acceptors (Lipinski definition) is 7. The number of rotatable bonds is 10. The lowest BCUT2D eigenvalue weighted by Gasteiger charge is -2.23. The van der Waals surface area contributed by atoms with Crippen molar-refractivity contribution in [3.63, 3.8) is 0 Å². The average Bonchev–Trinajstić information content (AvgIpc) is 3.36. The number of pyridine rings is 1. The maximum absolute atomic E-state index is 13.5. The number of nitriles is 1. The molecular formula is C28H27F3N4O5. The zero-order valence-electron chi connectivity index (χ0n) is 21.7. The zero-order chi connectivity index (χ0) is 28.9. The zero-order valence-corrected chi connectivity index (χ0v) is 21.7. The van der Waals surface area contributed by atoms with Crippen LogP contribution in [-0.2, 0) is 20.9 Å². The van der Waals surface area contributed by atoms with Crippen LogP contribution in [-0.4, -0.2) is 60.5 Å². The van der Waals surface area contributed by atoms with Crippen molar-refractivity contribution in [2.45, 2.75) is 38.2 Å². The van der Waals surface area contributed by atoms with E-state index in [1.807, 2.05) is 6.07 Å². The first-order valence-corrected chi connectivity index (χ1v) is 12.6. The number of nitrogens with zero attached hydrogens (tertiary/aromatic N) is 3. The first-order chi connectivity index (χ1) is 19.1. The van der Waals surface area contributed by atoms with Crippen LogP contribution in [0.3, 0.4) is 0 Å². The van der Waals surface area contributed by atoms with Gasteiger partial charge in [0.2, 0.25) is 5.91 Å². The molecule has 1 unspecified atom stereocenters. The Hall–Kier alpha value is -4.37. The predicted octanol–water partition coefficient (Wildman–Crippen LogP) is 3.58. The van der Waals surface area contributed by atoms with Crippen LogP contribution in [0.2, 0.25) is 0 Å². The van der Waals surface area contributed by atoms with Gasteiger partial charge in [-0.15, -0.1) is 0 Å². The molecule has 0 spiro atoms. The second-order valence-electron chi connectivity index (χ2n) is 9.19. The molecule has 1 amide bonds. The van der Waals surface area contributed by atoms with Crippen LogP contribution in [0.15, 0.2) is 53.3 Å². The number of halogens is 3. The van der Waals surface area contributed by atoms with Crippen LogP contribution in [0.1, 0.15) is 25.0 Å². The van der Waals surface area contributed by atoms with Gasteiger partial charge < -0.3 is 14.4 Å². The Kier molecular flexibility index (Phi) is 8.74. The van der Waals surface area contributed by atoms with Crippen molar-refractivity contribution in [2.75, 3.05) is 26.7 Å². The van der Waals surface area contributed by atoms with E-state index in [0.717, 1.165) is 0 Å². The maximum atomic E-state index is 13.5. The Balaban J connectivity index is 1.64. The topological polar surface area (TPSA) is 114 Å². The fourth-order valence-electron chi connectivity index (χ4n) is 4.73. The molecule has 1 aromatic heterocycles. The lowest BCUT2D eigenvalue weighted by molar-refractivity contribution is -0.206. The molecule has 0 aliphatic carbocycles. The van der Waals surface area contributed by atoms with Crippen molar-refractivity contribution < 1.29 is 32.2 Å². The molecule has 2 aromatic carbocycles. The number of methoxy groups -OCH3 is 1. The standard InChI is InChI=1S/C28H27F3N4O5/c1-39-19-9-10-20-21(16-19)25(18-6-3-2-4-7-18)22(17-32)35(26(20)37)15-12-33-23(40-27(38)28(29,30)31)11-14-34-13-5-8-24(34)36/h2-4,6-7,9-10,16,23,33H,5,8,11-15H2,1H3. The average molecular weight is 557 g/mol. The fourth-order valence-corrected chi connectivity index (χ4v) is 4.73. The molecule has 4 rings (SSSR count). The Morgan fingerprint density at radius 2 is 1.88 bits per heavy atom. The molecule has 1 N–H and O–H groups in total. The van der Waals surface area contributed by atoms with Crippen LogP contribution < -0.4 is 15.6 Å². The summed E-state index contributed by atoms with van der Waals surface area (Å²) in [7, 11) is 1.49. The Labute approximate surface area is 227 Å². The minimum absolute atomic E-state index is 0.0604. The molecule has 2 heterocycles. The van der Waals surface area contributed by atoms with Crippen molar-refractivity contribution in [1.29, 1.82) is 5.26 Å². The van der Waals surface area contributed by atoms with Crippen LogP contribution in [0.25, 0.3) is 21.9 Å². The van der Waals surface area contributed by atoms with Gasteiger partial charge in [0.1, 0.15) is 17.5 Å². The summed E-state index contributed by atoms with van der Waals surface area (Å²) in [4.78, 5) is 38.4. The molecule has 1 fully saturated rings. The number of nitrogens with one attached hydrogen (secondary N) is 1. The second kappa shape index (κ2) is 12.2. The van der Waals surface area contributed by atoms with Gasteiger partial charge in [0.25, 0.3) is 5.56 Å². The third-order valence-corrected chi connectivity index (χ3v) is 6.67. The number of esters is 1. The Bertz CT molecular complexity index is 1500. The summed E-state index contributed by atoms with van der Waals surface area (Å²) in [5.41, 5.74) is 0.780. The van der Waals surface area contributed by atoms with Crippen molar-refractivity contribution in [3.8, 4) is 22.9 Å². The van der Waals surface area contributed by atoms with Crippen molar-refractivity contribution in [1.82, 2.24) is 14.8 Å². The molecule has 0 radical (unpaired) electrons. The molecule has 40 heavy (non-hydrogen) atoms. The normalized spacial score (nSPS) is 14.3. The van der Waals surface area contributed by atoms with Crippen LogP contribution in [0.5, 0.6) is 5.75 Å². The van der Waals surface area contributed by atoms with Gasteiger partial charge in [-0.25, -0.2) is 4.79 Å². The van der Waals surface area contributed by atoms with Gasteiger partial charge in [0.15, 0.2) is 6.23 Å². The fraction of sp³-hybridized carbons (Fsp3) is 0.357. The smallest absolute Gasteiger partial charge is 0.490 e. The number of alkyl halides is 3. The molecule has 1 aliphatic heterocycles. The summed E-state index contributed by atoms with van der Waals surface area (Å²) in [6, 6.07) is 16.0. The number of amides is 1. The van der Waals surface area contributed by atoms with Crippen LogP contribution >= 0.6 is 0 Å². The lowest BCUT2D eigenvalue weighted by Crippen LogP contribution is -2.42. The second-order valence-corrected chi connectivity index (χ2v) is 9.19. The van der Waals surface area contributed by atoms with E-state index < -0.39 is 23.9 Å². The summed E-state index contributed by atoms with van der Waals surface area (Å²) < 4.78 is 49.9. The number of fused-ring (bicyclic) bond motifs is 1. The number of likely N-dealkylation sites (tertiary alicyclic amines) is 1. The number of aromatic nitrogens is 1. The van der Waals surface area contributed by atoms with Gasteiger partial charge in [-0.2, -0.15) is 18.4 Å². The summed E-state index contributed by atoms with van der Waals surface area (Å²) in [5, 5.41) is 13.7. The quantitative estimate of drug-likeness (QED) is 0.300. The van der Waals surface area contributed by atoms with Crippen molar-refractivity contribution in [2.24, 2.45) is 0 Å². The summed E-state index contributed by atoms with van der Waals surface area (Å²) in [6.07, 6.45) is -5.64. The Morgan fingerprint density at radius 1 is 1.12 bits per heavy atom. The first-order valence-electron chi connectivity index (χ1n) is 12.6. The van der Waals surface area contributed by atoms with Gasteiger partial charge in [-0.05, 0) is 30.2 Å². The molecule has 9 nitrogen and oxygen atoms in total. The minimum Gasteiger partial charge on any atom is -0.497 e. The lowest BCUT2D eigenvalue weighted by atomic mass is 9.97. The number of carbonyl (C=O) groups is 2. The highest BCUT2D eigenvalue weighted by molar-refractivity contribution is 5.99. The van der Waals surface area contributed by atoms with Gasteiger partial charge in [-0.3, -0.25) is 19.5 Å². The summed E-state index contributed by atoms with van der Waals surface area (Å²) in [5.74, 6) is -1.98. The molecule has 1 saturated heterocycles. The van der Waals surface area contributed by atoms with E-state index in [0.29, 0.717) is 47.0 Å². The highest BCUT2D eigenvalue weighted by Gasteiger charge is 2.42. The predicted molar refractivity (Wildman–Crippen MR) is 139 cm³/mol. The SMILES string of the molecule is COc1ccc2c(=O)n(CCNC(CCN3CCCC3=O)OC(=O)C(F)(F)F)c(C#N)c(-c3ccccc3)c2c1. The summed E-state index contributed by atoms with van der Waals surface area (Å²) in [6.45, 7) is 0.366. The highest BCUT2D eigenvalue weighted by Crippen LogP contribution is 2.32. The van der Waals surface area contributed by atoms with E-state index in [1.165, 1.54) is 16.6 Å². The molecule has 1 aliphatic rings. The molecular weight excluding hydrogens is 529 g/mol. The molecule has 3 aromatic rings. The van der Waals surface area contributed by atoms with Crippen molar-refractivity contribution >= 4 is 22.6 Å². The van der Waals surface area contributed by atoms with Crippen LogP contribution in [0.4, 0.5) is 13.2 Å². The molecule has 0 bridgehead atoms. The Morgan fingerprint density at radius 3 is 2.50 bits per heavy atom. The van der Waals surface area contributed by atoms with Gasteiger partial charge in [0, 0.05) is 55.4 Å². The molecule has 0 saturated carbocycles. The number of ether oxygens (including phenoxy) is 2. The highest BCUT2D eigenvalue weighted by atomic mass is 19.4. The molecule has 12 heteroatoms. The van der Waals surface area contributed by atoms with E-state index in [1.54, 1.807) is 42.5 Å². The number of hydrogen-bond donors (Lipinski definition) is 1. The van der Waals surface area contributed by atoms with Crippen molar-refractivity contribution in [3.05, 3.63) is 64.6 Å². The van der Waals surface area contributed by atoms with E-state index in [4.69, 9.17) is 4.74 Å². The van der Waals surface area contributed by atoms with Gasteiger partial charge in [-0.1, -0.05) is 30.3 Å². The van der Waals surface area contributed by atoms with E-state index in [2.05, 4.69) is 16.1 Å². The molecule has 210 valence electrons. The number of carbonyl (C=O) groups excluding carboxylic acids is 2. The van der Waals surface area contributed by atoms with E-state index >= 15 is 0 Å². The van der Waals surface area contributed by atoms with Gasteiger partial charge in [0.05, 0.1) is 7.11 Å². The first kappa shape index (κ1) is 28.6. The summed E-state index contributed by atoms with van der Waals surface area (Å²) >= 11 is 0. The van der Waals surface area contributed by atoms with Gasteiger partial charge >= 0.3 is 12.1 Å².